The third-order valence-corrected chi connectivity index (χ3v) is 7.83. The quantitative estimate of drug-likeness (QED) is 0.218. The fourth-order valence-electron chi connectivity index (χ4n) is 6.05. The van der Waals surface area contributed by atoms with Crippen LogP contribution in [0.3, 0.4) is 0 Å². The Balaban J connectivity index is 1.31. The molecule has 1 unspecified atom stereocenters. The maximum atomic E-state index is 4.79. The summed E-state index contributed by atoms with van der Waals surface area (Å²) in [6.45, 7) is 0. The molecule has 0 amide bonds. The van der Waals surface area contributed by atoms with Crippen molar-refractivity contribution in [3.05, 3.63) is 145 Å². The largest absolute Gasteiger partial charge is 0.309 e. The highest BCUT2D eigenvalue weighted by Crippen LogP contribution is 2.41. The van der Waals surface area contributed by atoms with Crippen molar-refractivity contribution in [2.24, 2.45) is 10.2 Å². The lowest BCUT2D eigenvalue weighted by Crippen LogP contribution is -2.47. The molecule has 1 atom stereocenters. The summed E-state index contributed by atoms with van der Waals surface area (Å²) in [6.07, 6.45) is 3.76. The van der Waals surface area contributed by atoms with Gasteiger partial charge in [0, 0.05) is 46.2 Å². The Morgan fingerprint density at radius 3 is 2.00 bits per heavy atom. The second kappa shape index (κ2) is 8.83. The van der Waals surface area contributed by atoms with E-state index in [4.69, 9.17) is 10.1 Å². The van der Waals surface area contributed by atoms with Crippen LogP contribution in [-0.4, -0.2) is 21.7 Å². The SMILES string of the molecule is C1=NN=C(c2ccc(-n3c4ccccc4c4ccccc43)cc2)[N+]1(c1ccccc1)c1cccc2cccnc12. The number of fused-ring (bicyclic) bond motifs is 4. The number of rotatable bonds is 4. The molecular formula is C35H24N5+. The van der Waals surface area contributed by atoms with Crippen molar-refractivity contribution >= 4 is 56.3 Å². The summed E-state index contributed by atoms with van der Waals surface area (Å²) in [4.78, 5) is 4.79. The van der Waals surface area contributed by atoms with Crippen LogP contribution in [0.5, 0.6) is 0 Å². The minimum Gasteiger partial charge on any atom is -0.309 e. The number of hydrogen-bond acceptors (Lipinski definition) is 3. The third-order valence-electron chi connectivity index (χ3n) is 7.83. The first kappa shape index (κ1) is 22.6. The van der Waals surface area contributed by atoms with Crippen LogP contribution in [0.2, 0.25) is 0 Å². The zero-order chi connectivity index (χ0) is 26.5. The van der Waals surface area contributed by atoms with E-state index in [0.29, 0.717) is 0 Å². The normalized spacial score (nSPS) is 16.6. The summed E-state index contributed by atoms with van der Waals surface area (Å²) in [7, 11) is 0. The predicted molar refractivity (Wildman–Crippen MR) is 165 cm³/mol. The molecule has 1 aliphatic heterocycles. The number of hydrogen-bond donors (Lipinski definition) is 0. The predicted octanol–water partition coefficient (Wildman–Crippen LogP) is 8.37. The first-order chi connectivity index (χ1) is 19.8. The van der Waals surface area contributed by atoms with E-state index in [2.05, 4.69) is 131 Å². The van der Waals surface area contributed by atoms with Gasteiger partial charge in [0.05, 0.1) is 16.6 Å². The molecule has 0 N–H and O–H groups in total. The Morgan fingerprint density at radius 1 is 0.575 bits per heavy atom. The van der Waals surface area contributed by atoms with Gasteiger partial charge in [-0.3, -0.25) is 0 Å². The van der Waals surface area contributed by atoms with E-state index in [0.717, 1.165) is 39.4 Å². The molecule has 5 aromatic carbocycles. The summed E-state index contributed by atoms with van der Waals surface area (Å²) in [5.41, 5.74) is 7.47. The summed E-state index contributed by atoms with van der Waals surface area (Å²) in [5, 5.41) is 12.8. The van der Waals surface area contributed by atoms with E-state index in [-0.39, 0.29) is 4.48 Å². The number of amidine groups is 1. The van der Waals surface area contributed by atoms with Gasteiger partial charge in [-0.15, -0.1) is 0 Å². The fraction of sp³-hybridized carbons (Fsp3) is 0. The zero-order valence-corrected chi connectivity index (χ0v) is 21.6. The Labute approximate surface area is 231 Å². The molecule has 0 saturated heterocycles. The molecule has 0 fully saturated rings. The van der Waals surface area contributed by atoms with Crippen LogP contribution in [0.1, 0.15) is 5.56 Å². The van der Waals surface area contributed by atoms with Gasteiger partial charge in [-0.1, -0.05) is 83.0 Å². The Hall–Kier alpha value is -5.39. The molecule has 188 valence electrons. The average Bonchev–Trinajstić information content (AvgIpc) is 3.62. The molecule has 3 heterocycles. The first-order valence-corrected chi connectivity index (χ1v) is 13.3. The second-order valence-electron chi connectivity index (χ2n) is 9.98. The zero-order valence-electron chi connectivity index (χ0n) is 21.6. The first-order valence-electron chi connectivity index (χ1n) is 13.3. The van der Waals surface area contributed by atoms with E-state index in [1.54, 1.807) is 0 Å². The van der Waals surface area contributed by atoms with Crippen molar-refractivity contribution in [3.63, 3.8) is 0 Å². The van der Waals surface area contributed by atoms with E-state index >= 15 is 0 Å². The minimum atomic E-state index is 0.254. The lowest BCUT2D eigenvalue weighted by Gasteiger charge is -2.30. The standard InChI is InChI=1S/C35H24N5/c1-2-12-28(13-3-1)40(33-18-8-10-25-11-9-23-36-34(25)33)24-37-38-35(40)26-19-21-27(22-20-26)39-31-16-6-4-14-29(31)30-15-5-7-17-32(30)39/h1-24H/q+1. The topological polar surface area (TPSA) is 42.5 Å². The molecule has 40 heavy (non-hydrogen) atoms. The van der Waals surface area contributed by atoms with Crippen molar-refractivity contribution in [1.82, 2.24) is 14.0 Å². The number of para-hydroxylation sites is 4. The summed E-state index contributed by atoms with van der Waals surface area (Å²) >= 11 is 0. The van der Waals surface area contributed by atoms with Gasteiger partial charge < -0.3 is 4.57 Å². The van der Waals surface area contributed by atoms with E-state index in [1.165, 1.54) is 21.8 Å². The maximum Gasteiger partial charge on any atom is 0.270 e. The highest BCUT2D eigenvalue weighted by atomic mass is 15.5. The lowest BCUT2D eigenvalue weighted by atomic mass is 10.1. The van der Waals surface area contributed by atoms with E-state index < -0.39 is 0 Å². The summed E-state index contributed by atoms with van der Waals surface area (Å²) in [5.74, 6) is 0.832. The molecule has 2 aromatic heterocycles. The molecule has 5 heteroatoms. The van der Waals surface area contributed by atoms with Crippen molar-refractivity contribution < 1.29 is 0 Å². The van der Waals surface area contributed by atoms with Crippen molar-refractivity contribution in [2.45, 2.75) is 0 Å². The highest BCUT2D eigenvalue weighted by molar-refractivity contribution is 6.23. The monoisotopic (exact) mass is 514 g/mol. The van der Waals surface area contributed by atoms with Gasteiger partial charge in [0.25, 0.3) is 5.84 Å². The van der Waals surface area contributed by atoms with E-state index in [9.17, 15) is 0 Å². The molecule has 8 rings (SSSR count). The van der Waals surface area contributed by atoms with Gasteiger partial charge in [-0.25, -0.2) is 4.98 Å². The van der Waals surface area contributed by atoms with Crippen LogP contribution in [-0.2, 0) is 0 Å². The third kappa shape index (κ3) is 3.22. The number of pyridine rings is 1. The van der Waals surface area contributed by atoms with Gasteiger partial charge >= 0.3 is 0 Å². The van der Waals surface area contributed by atoms with Gasteiger partial charge in [0.1, 0.15) is 11.2 Å². The average molecular weight is 515 g/mol. The minimum absolute atomic E-state index is 0.254. The van der Waals surface area contributed by atoms with Crippen molar-refractivity contribution in [1.29, 1.82) is 0 Å². The molecule has 0 spiro atoms. The van der Waals surface area contributed by atoms with Crippen LogP contribution >= 0.6 is 0 Å². The molecule has 0 radical (unpaired) electrons. The lowest BCUT2D eigenvalue weighted by molar-refractivity contribution is 0.839. The van der Waals surface area contributed by atoms with Crippen molar-refractivity contribution in [3.8, 4) is 5.69 Å². The molecule has 1 aliphatic rings. The second-order valence-corrected chi connectivity index (χ2v) is 9.98. The van der Waals surface area contributed by atoms with Crippen LogP contribution in [0.25, 0.3) is 38.4 Å². The number of aromatic nitrogens is 2. The molecule has 0 saturated carbocycles. The number of quaternary nitrogens is 1. The van der Waals surface area contributed by atoms with Crippen LogP contribution in [0.15, 0.2) is 150 Å². The Bertz CT molecular complexity index is 2050. The van der Waals surface area contributed by atoms with E-state index in [1.807, 2.05) is 24.7 Å². The van der Waals surface area contributed by atoms with Gasteiger partial charge in [0.15, 0.2) is 5.69 Å². The van der Waals surface area contributed by atoms with Gasteiger partial charge in [-0.05, 0) is 42.5 Å². The Morgan fingerprint density at radius 2 is 1.25 bits per heavy atom. The Kier molecular flexibility index (Phi) is 4.99. The maximum absolute atomic E-state index is 4.79. The number of nitrogens with zero attached hydrogens (tertiary/aromatic N) is 5. The fourth-order valence-corrected chi connectivity index (χ4v) is 6.05. The molecule has 7 aromatic rings. The van der Waals surface area contributed by atoms with Crippen LogP contribution in [0, 0.1) is 0 Å². The van der Waals surface area contributed by atoms with Gasteiger partial charge in [0.2, 0.25) is 6.34 Å². The summed E-state index contributed by atoms with van der Waals surface area (Å²) in [6, 6.07) is 46.6. The van der Waals surface area contributed by atoms with Crippen molar-refractivity contribution in [2.75, 3.05) is 0 Å². The highest BCUT2D eigenvalue weighted by Gasteiger charge is 2.44. The molecular weight excluding hydrogens is 490 g/mol. The van der Waals surface area contributed by atoms with Crippen LogP contribution in [0.4, 0.5) is 11.4 Å². The van der Waals surface area contributed by atoms with Crippen LogP contribution < -0.4 is 4.48 Å². The number of benzene rings is 5. The molecule has 0 aliphatic carbocycles. The smallest absolute Gasteiger partial charge is 0.270 e. The summed E-state index contributed by atoms with van der Waals surface area (Å²) < 4.78 is 2.58. The molecule has 0 bridgehead atoms. The molecule has 5 nitrogen and oxygen atoms in total. The van der Waals surface area contributed by atoms with Gasteiger partial charge in [-0.2, -0.15) is 4.48 Å².